The highest BCUT2D eigenvalue weighted by Gasteiger charge is 2.23. The van der Waals surface area contributed by atoms with Gasteiger partial charge in [0.15, 0.2) is 0 Å². The van der Waals surface area contributed by atoms with Crippen LogP contribution in [0.5, 0.6) is 0 Å². The van der Waals surface area contributed by atoms with Gasteiger partial charge in [-0.05, 0) is 25.0 Å². The molecule has 0 aliphatic carbocycles. The third-order valence-electron chi connectivity index (χ3n) is 2.67. The Morgan fingerprint density at radius 2 is 1.71 bits per heavy atom. The van der Waals surface area contributed by atoms with E-state index < -0.39 is 16.1 Å². The van der Waals surface area contributed by atoms with Crippen LogP contribution >= 0.6 is 0 Å². The summed E-state index contributed by atoms with van der Waals surface area (Å²) in [6, 6.07) is 7.34. The number of nitrogens with one attached hydrogen (secondary N) is 1. The Bertz CT molecular complexity index is 493. The Balaban J connectivity index is 2.10. The van der Waals surface area contributed by atoms with E-state index in [0.717, 1.165) is 12.8 Å². The minimum atomic E-state index is -3.74. The predicted molar refractivity (Wildman–Crippen MR) is 63.0 cm³/mol. The number of hydrogen-bond acceptors (Lipinski definition) is 3. The molecule has 1 fully saturated rings. The molecule has 1 aromatic rings. The van der Waals surface area contributed by atoms with Crippen LogP contribution in [0.4, 0.5) is 4.79 Å². The molecule has 2 amide bonds. The van der Waals surface area contributed by atoms with Crippen molar-refractivity contribution in [3.8, 4) is 0 Å². The van der Waals surface area contributed by atoms with Gasteiger partial charge in [-0.1, -0.05) is 18.2 Å². The topological polar surface area (TPSA) is 66.5 Å². The van der Waals surface area contributed by atoms with Crippen molar-refractivity contribution >= 4 is 16.1 Å². The molecule has 0 atom stereocenters. The summed E-state index contributed by atoms with van der Waals surface area (Å²) >= 11 is 0. The van der Waals surface area contributed by atoms with Crippen molar-refractivity contribution in [2.24, 2.45) is 0 Å². The average Bonchev–Trinajstić information content (AvgIpc) is 2.83. The van der Waals surface area contributed by atoms with Crippen molar-refractivity contribution in [3.05, 3.63) is 30.3 Å². The second-order valence-corrected chi connectivity index (χ2v) is 5.60. The molecule has 0 bridgehead atoms. The molecule has 0 spiro atoms. The Kier molecular flexibility index (Phi) is 3.33. The molecule has 1 heterocycles. The molecule has 0 radical (unpaired) electrons. The molecule has 6 heteroatoms. The summed E-state index contributed by atoms with van der Waals surface area (Å²) in [4.78, 5) is 13.3. The van der Waals surface area contributed by atoms with Crippen LogP contribution < -0.4 is 4.72 Å². The van der Waals surface area contributed by atoms with Crippen molar-refractivity contribution in [1.82, 2.24) is 9.62 Å². The van der Waals surface area contributed by atoms with Crippen molar-refractivity contribution in [3.63, 3.8) is 0 Å². The fourth-order valence-electron chi connectivity index (χ4n) is 1.76. The number of likely N-dealkylation sites (tertiary alicyclic amines) is 1. The van der Waals surface area contributed by atoms with Gasteiger partial charge in [0, 0.05) is 13.1 Å². The third-order valence-corrected chi connectivity index (χ3v) is 4.00. The normalized spacial score (nSPS) is 15.9. The van der Waals surface area contributed by atoms with Gasteiger partial charge in [0.2, 0.25) is 0 Å². The molecule has 5 nitrogen and oxygen atoms in total. The van der Waals surface area contributed by atoms with Crippen LogP contribution in [-0.2, 0) is 10.0 Å². The maximum Gasteiger partial charge on any atom is 0.331 e. The molecule has 1 saturated heterocycles. The first-order valence-electron chi connectivity index (χ1n) is 5.46. The van der Waals surface area contributed by atoms with Crippen LogP contribution in [0.25, 0.3) is 0 Å². The molecule has 2 rings (SSSR count). The fourth-order valence-corrected chi connectivity index (χ4v) is 2.75. The fraction of sp³-hybridized carbons (Fsp3) is 0.364. The molecule has 1 N–H and O–H groups in total. The number of rotatable bonds is 2. The van der Waals surface area contributed by atoms with Gasteiger partial charge in [-0.25, -0.2) is 17.9 Å². The van der Waals surface area contributed by atoms with Gasteiger partial charge < -0.3 is 4.90 Å². The van der Waals surface area contributed by atoms with E-state index in [1.807, 2.05) is 0 Å². The Hall–Kier alpha value is -1.56. The molecular formula is C11H14N2O3S. The largest absolute Gasteiger partial charge is 0.331 e. The van der Waals surface area contributed by atoms with E-state index in [1.165, 1.54) is 17.0 Å². The van der Waals surface area contributed by atoms with Crippen molar-refractivity contribution < 1.29 is 13.2 Å². The highest BCUT2D eigenvalue weighted by atomic mass is 32.2. The summed E-state index contributed by atoms with van der Waals surface area (Å²) in [6.07, 6.45) is 1.86. The van der Waals surface area contributed by atoms with Crippen LogP contribution in [-0.4, -0.2) is 32.4 Å². The Labute approximate surface area is 100 Å². The molecule has 17 heavy (non-hydrogen) atoms. The lowest BCUT2D eigenvalue weighted by molar-refractivity contribution is 0.215. The summed E-state index contributed by atoms with van der Waals surface area (Å²) in [5.74, 6) is 0. The summed E-state index contributed by atoms with van der Waals surface area (Å²) < 4.78 is 25.8. The van der Waals surface area contributed by atoms with Gasteiger partial charge in [0.05, 0.1) is 4.90 Å². The quantitative estimate of drug-likeness (QED) is 0.861. The maximum absolute atomic E-state index is 11.8. The van der Waals surface area contributed by atoms with Crippen LogP contribution in [0.15, 0.2) is 35.2 Å². The first kappa shape index (κ1) is 11.9. The zero-order chi connectivity index (χ0) is 12.3. The molecule has 1 aliphatic rings. The monoisotopic (exact) mass is 254 g/mol. The molecule has 1 aliphatic heterocycles. The zero-order valence-electron chi connectivity index (χ0n) is 9.30. The number of nitrogens with zero attached hydrogens (tertiary/aromatic N) is 1. The summed E-state index contributed by atoms with van der Waals surface area (Å²) in [5.41, 5.74) is 0. The standard InChI is InChI=1S/C11H14N2O3S/c14-11(13-8-4-5-9-13)12-17(15,16)10-6-2-1-3-7-10/h1-3,6-7H,4-5,8-9H2,(H,12,14). The number of carbonyl (C=O) groups is 1. The lowest BCUT2D eigenvalue weighted by Crippen LogP contribution is -2.41. The molecule has 92 valence electrons. The molecule has 0 saturated carbocycles. The average molecular weight is 254 g/mol. The number of sulfonamides is 1. The van der Waals surface area contributed by atoms with Gasteiger partial charge in [0.1, 0.15) is 0 Å². The molecule has 0 aromatic heterocycles. The van der Waals surface area contributed by atoms with Crippen molar-refractivity contribution in [1.29, 1.82) is 0 Å². The number of hydrogen-bond donors (Lipinski definition) is 1. The van der Waals surface area contributed by atoms with E-state index in [9.17, 15) is 13.2 Å². The van der Waals surface area contributed by atoms with Crippen molar-refractivity contribution in [2.75, 3.05) is 13.1 Å². The van der Waals surface area contributed by atoms with Gasteiger partial charge in [0.25, 0.3) is 10.0 Å². The smallest absolute Gasteiger partial charge is 0.324 e. The van der Waals surface area contributed by atoms with Crippen LogP contribution in [0.3, 0.4) is 0 Å². The Morgan fingerprint density at radius 3 is 2.29 bits per heavy atom. The van der Waals surface area contributed by atoms with Crippen LogP contribution in [0, 0.1) is 0 Å². The van der Waals surface area contributed by atoms with E-state index in [4.69, 9.17) is 0 Å². The molecule has 0 unspecified atom stereocenters. The maximum atomic E-state index is 11.8. The minimum absolute atomic E-state index is 0.104. The van der Waals surface area contributed by atoms with E-state index in [1.54, 1.807) is 18.2 Å². The van der Waals surface area contributed by atoms with E-state index in [-0.39, 0.29) is 4.90 Å². The van der Waals surface area contributed by atoms with Gasteiger partial charge in [-0.15, -0.1) is 0 Å². The predicted octanol–water partition coefficient (Wildman–Crippen LogP) is 1.18. The Morgan fingerprint density at radius 1 is 1.12 bits per heavy atom. The van der Waals surface area contributed by atoms with Crippen LogP contribution in [0.1, 0.15) is 12.8 Å². The number of urea groups is 1. The summed E-state index contributed by atoms with van der Waals surface area (Å²) in [6.45, 7) is 1.24. The van der Waals surface area contributed by atoms with E-state index >= 15 is 0 Å². The summed E-state index contributed by atoms with van der Waals surface area (Å²) in [5, 5.41) is 0. The van der Waals surface area contributed by atoms with Crippen LogP contribution in [0.2, 0.25) is 0 Å². The van der Waals surface area contributed by atoms with Gasteiger partial charge >= 0.3 is 6.03 Å². The third kappa shape index (κ3) is 2.76. The molecule has 1 aromatic carbocycles. The first-order valence-corrected chi connectivity index (χ1v) is 6.95. The second kappa shape index (κ2) is 4.75. The summed E-state index contributed by atoms with van der Waals surface area (Å²) in [7, 11) is -3.74. The van der Waals surface area contributed by atoms with Crippen molar-refractivity contribution in [2.45, 2.75) is 17.7 Å². The second-order valence-electron chi connectivity index (χ2n) is 3.92. The van der Waals surface area contributed by atoms with Gasteiger partial charge in [-0.2, -0.15) is 0 Å². The number of carbonyl (C=O) groups excluding carboxylic acids is 1. The number of amides is 2. The first-order chi connectivity index (χ1) is 8.09. The molecular weight excluding hydrogens is 240 g/mol. The van der Waals surface area contributed by atoms with Gasteiger partial charge in [-0.3, -0.25) is 0 Å². The number of benzene rings is 1. The highest BCUT2D eigenvalue weighted by molar-refractivity contribution is 7.90. The lowest BCUT2D eigenvalue weighted by atomic mass is 10.4. The minimum Gasteiger partial charge on any atom is -0.324 e. The lowest BCUT2D eigenvalue weighted by Gasteiger charge is -2.16. The van der Waals surface area contributed by atoms with E-state index in [0.29, 0.717) is 13.1 Å². The van der Waals surface area contributed by atoms with E-state index in [2.05, 4.69) is 4.72 Å². The zero-order valence-corrected chi connectivity index (χ0v) is 10.1. The highest BCUT2D eigenvalue weighted by Crippen LogP contribution is 2.10. The SMILES string of the molecule is O=C(NS(=O)(=O)c1ccccc1)N1CCCC1.